The van der Waals surface area contributed by atoms with Crippen LogP contribution in [0.1, 0.15) is 18.3 Å². The third-order valence-electron chi connectivity index (χ3n) is 3.79. The molecule has 0 aromatic heterocycles. The van der Waals surface area contributed by atoms with Crippen molar-refractivity contribution in [1.82, 2.24) is 0 Å². The number of benzene rings is 2. The third-order valence-corrected chi connectivity index (χ3v) is 6.37. The maximum atomic E-state index is 13.5. The van der Waals surface area contributed by atoms with Gasteiger partial charge in [0.15, 0.2) is 5.85 Å². The van der Waals surface area contributed by atoms with Gasteiger partial charge in [0.25, 0.3) is 7.37 Å². The van der Waals surface area contributed by atoms with Crippen LogP contribution in [-0.2, 0) is 9.09 Å². The number of aliphatic hydroxyl groups is 1. The average Bonchev–Trinajstić information content (AvgIpc) is 2.61. The third kappa shape index (κ3) is 3.64. The number of anilines is 1. The van der Waals surface area contributed by atoms with E-state index in [1.165, 1.54) is 7.11 Å². The Morgan fingerprint density at radius 3 is 2.29 bits per heavy atom. The van der Waals surface area contributed by atoms with E-state index in [0.29, 0.717) is 16.6 Å². The molecule has 2 rings (SSSR count). The van der Waals surface area contributed by atoms with Gasteiger partial charge < -0.3 is 19.3 Å². The lowest BCUT2D eigenvalue weighted by Crippen LogP contribution is -2.16. The molecule has 130 valence electrons. The normalized spacial score (nSPS) is 14.7. The lowest BCUT2D eigenvalue weighted by Gasteiger charge is -2.25. The highest BCUT2D eigenvalue weighted by atomic mass is 31.2. The number of nitrogens with zero attached hydrogens (tertiary/aromatic N) is 1. The summed E-state index contributed by atoms with van der Waals surface area (Å²) in [7, 11) is 1.86. The van der Waals surface area contributed by atoms with Crippen molar-refractivity contribution in [2.75, 3.05) is 32.7 Å². The van der Waals surface area contributed by atoms with E-state index in [1.807, 2.05) is 31.1 Å². The van der Waals surface area contributed by atoms with Crippen LogP contribution >= 0.6 is 7.37 Å². The molecule has 0 aliphatic heterocycles. The zero-order valence-electron chi connectivity index (χ0n) is 14.5. The predicted molar refractivity (Wildman–Crippen MR) is 97.6 cm³/mol. The molecule has 0 saturated carbocycles. The van der Waals surface area contributed by atoms with Crippen LogP contribution in [0.5, 0.6) is 5.75 Å². The van der Waals surface area contributed by atoms with Gasteiger partial charge in [-0.05, 0) is 37.3 Å². The Morgan fingerprint density at radius 1 is 1.12 bits per heavy atom. The lowest BCUT2D eigenvalue weighted by molar-refractivity contribution is 0.214. The first-order valence-electron chi connectivity index (χ1n) is 7.77. The van der Waals surface area contributed by atoms with Crippen molar-refractivity contribution >= 4 is 18.4 Å². The number of hydrogen-bond donors (Lipinski definition) is 1. The molecule has 0 bridgehead atoms. The maximum Gasteiger partial charge on any atom is 0.264 e. The number of hydrogen-bond acceptors (Lipinski definition) is 5. The molecule has 2 aromatic rings. The van der Waals surface area contributed by atoms with Gasteiger partial charge in [0, 0.05) is 30.7 Å². The molecule has 2 atom stereocenters. The van der Waals surface area contributed by atoms with Gasteiger partial charge in [-0.25, -0.2) is 0 Å². The Labute approximate surface area is 143 Å². The smallest absolute Gasteiger partial charge is 0.264 e. The fourth-order valence-electron chi connectivity index (χ4n) is 2.50. The molecular formula is C18H24NO4P. The van der Waals surface area contributed by atoms with E-state index in [2.05, 4.69) is 0 Å². The minimum atomic E-state index is -3.52. The predicted octanol–water partition coefficient (Wildman–Crippen LogP) is 3.39. The summed E-state index contributed by atoms with van der Waals surface area (Å²) in [4.78, 5) is 1.95. The first-order valence-corrected chi connectivity index (χ1v) is 9.46. The molecule has 0 aliphatic rings. The summed E-state index contributed by atoms with van der Waals surface area (Å²) in [6.07, 6.45) is 0. The fraction of sp³-hybridized carbons (Fsp3) is 0.333. The molecule has 0 heterocycles. The molecular weight excluding hydrogens is 325 g/mol. The van der Waals surface area contributed by atoms with E-state index in [-0.39, 0.29) is 6.61 Å². The molecule has 2 aromatic carbocycles. The van der Waals surface area contributed by atoms with Crippen molar-refractivity contribution in [3.8, 4) is 5.75 Å². The quantitative estimate of drug-likeness (QED) is 0.777. The molecule has 0 spiro atoms. The van der Waals surface area contributed by atoms with Gasteiger partial charge in [0.05, 0.1) is 13.7 Å². The molecule has 0 saturated heterocycles. The summed E-state index contributed by atoms with van der Waals surface area (Å²) >= 11 is 0. The monoisotopic (exact) mass is 349 g/mol. The zero-order chi connectivity index (χ0) is 17.7. The van der Waals surface area contributed by atoms with Crippen molar-refractivity contribution in [1.29, 1.82) is 0 Å². The van der Waals surface area contributed by atoms with E-state index < -0.39 is 13.2 Å². The Morgan fingerprint density at radius 2 is 1.75 bits per heavy atom. The topological polar surface area (TPSA) is 59.0 Å². The molecule has 1 N–H and O–H groups in total. The molecule has 0 amide bonds. The van der Waals surface area contributed by atoms with Gasteiger partial charge >= 0.3 is 0 Å². The highest BCUT2D eigenvalue weighted by Crippen LogP contribution is 2.58. The summed E-state index contributed by atoms with van der Waals surface area (Å²) in [5, 5.41) is 11.3. The van der Waals surface area contributed by atoms with Gasteiger partial charge in [0.1, 0.15) is 5.75 Å². The van der Waals surface area contributed by atoms with E-state index in [9.17, 15) is 9.67 Å². The Balaban J connectivity index is 2.48. The molecule has 0 unspecified atom stereocenters. The van der Waals surface area contributed by atoms with Crippen LogP contribution in [0.2, 0.25) is 0 Å². The van der Waals surface area contributed by atoms with Crippen LogP contribution in [-0.4, -0.2) is 32.9 Å². The largest absolute Gasteiger partial charge is 0.496 e. The number of methoxy groups -OCH3 is 1. The second-order valence-electron chi connectivity index (χ2n) is 5.54. The van der Waals surface area contributed by atoms with Crippen LogP contribution in [0.3, 0.4) is 0 Å². The number of para-hydroxylation sites is 1. The van der Waals surface area contributed by atoms with Crippen molar-refractivity contribution in [3.05, 3.63) is 54.1 Å². The molecule has 0 aliphatic carbocycles. The van der Waals surface area contributed by atoms with Crippen LogP contribution in [0.4, 0.5) is 5.69 Å². The lowest BCUT2D eigenvalue weighted by atomic mass is 10.2. The summed E-state index contributed by atoms with van der Waals surface area (Å²) in [6, 6.07) is 14.2. The zero-order valence-corrected chi connectivity index (χ0v) is 15.4. The van der Waals surface area contributed by atoms with E-state index in [1.54, 1.807) is 43.3 Å². The highest BCUT2D eigenvalue weighted by molar-refractivity contribution is 7.67. The van der Waals surface area contributed by atoms with Crippen molar-refractivity contribution < 1.29 is 18.9 Å². The van der Waals surface area contributed by atoms with Gasteiger partial charge in [-0.15, -0.1) is 0 Å². The maximum absolute atomic E-state index is 13.5. The molecule has 5 nitrogen and oxygen atoms in total. The van der Waals surface area contributed by atoms with E-state index >= 15 is 0 Å². The second-order valence-corrected chi connectivity index (χ2v) is 8.00. The molecule has 0 fully saturated rings. The fourth-order valence-corrected chi connectivity index (χ4v) is 4.60. The second kappa shape index (κ2) is 7.84. The number of ether oxygens (including phenoxy) is 1. The Kier molecular flexibility index (Phi) is 6.05. The number of rotatable bonds is 7. The van der Waals surface area contributed by atoms with Crippen molar-refractivity contribution in [3.63, 3.8) is 0 Å². The summed E-state index contributed by atoms with van der Waals surface area (Å²) in [6.45, 7) is 1.99. The first kappa shape index (κ1) is 18.5. The van der Waals surface area contributed by atoms with Crippen molar-refractivity contribution in [2.24, 2.45) is 0 Å². The van der Waals surface area contributed by atoms with Crippen molar-refractivity contribution in [2.45, 2.75) is 12.8 Å². The van der Waals surface area contributed by atoms with Crippen LogP contribution in [0, 0.1) is 0 Å². The summed E-state index contributed by atoms with van der Waals surface area (Å²) in [5.74, 6) is -0.811. The van der Waals surface area contributed by atoms with Crippen LogP contribution in [0.25, 0.3) is 0 Å². The van der Waals surface area contributed by atoms with Crippen LogP contribution in [0.15, 0.2) is 48.5 Å². The van der Waals surface area contributed by atoms with Gasteiger partial charge in [-0.3, -0.25) is 4.57 Å². The minimum absolute atomic E-state index is 0.235. The molecule has 6 heteroatoms. The highest BCUT2D eigenvalue weighted by Gasteiger charge is 2.37. The summed E-state index contributed by atoms with van der Waals surface area (Å²) in [5.41, 5.74) is 1.43. The van der Waals surface area contributed by atoms with Crippen LogP contribution < -0.4 is 14.9 Å². The first-order chi connectivity index (χ1) is 11.4. The van der Waals surface area contributed by atoms with E-state index in [0.717, 1.165) is 5.69 Å². The standard InChI is InChI=1S/C18H24NO4P/c1-5-23-24(21,15-12-10-14(11-13-15)19(2)3)18(20)16-8-6-7-9-17(16)22-4/h6-13,18,20H,5H2,1-4H3/t18-,24+/m0/s1. The average molecular weight is 349 g/mol. The molecule has 24 heavy (non-hydrogen) atoms. The summed E-state index contributed by atoms with van der Waals surface area (Å²) < 4.78 is 24.4. The Bertz CT molecular complexity index is 715. The minimum Gasteiger partial charge on any atom is -0.496 e. The molecule has 0 radical (unpaired) electrons. The van der Waals surface area contributed by atoms with E-state index in [4.69, 9.17) is 9.26 Å². The Hall–Kier alpha value is -1.81. The SMILES string of the molecule is CCO[P@](=O)(c1ccc(N(C)C)cc1)[C@H](O)c1ccccc1OC. The van der Waals surface area contributed by atoms with Gasteiger partial charge in [0.2, 0.25) is 0 Å². The van der Waals surface area contributed by atoms with Gasteiger partial charge in [-0.2, -0.15) is 0 Å². The number of aliphatic hydroxyl groups excluding tert-OH is 1. The van der Waals surface area contributed by atoms with Gasteiger partial charge in [-0.1, -0.05) is 18.2 Å².